The smallest absolute Gasteiger partial charge is 0.411 e. The average Bonchev–Trinajstić information content (AvgIpc) is 3.28. The molecule has 1 saturated carbocycles. The topological polar surface area (TPSA) is 91.4 Å². The zero-order valence-corrected chi connectivity index (χ0v) is 17.9. The summed E-state index contributed by atoms with van der Waals surface area (Å²) in [6.45, 7) is 5.59. The minimum absolute atomic E-state index is 0.170. The monoisotopic (exact) mass is 419 g/mol. The number of benzene rings is 1. The van der Waals surface area contributed by atoms with Gasteiger partial charge in [-0.15, -0.1) is 0 Å². The van der Waals surface area contributed by atoms with Gasteiger partial charge in [-0.3, -0.25) is 4.90 Å². The Balaban J connectivity index is 1.52. The third-order valence-corrected chi connectivity index (χ3v) is 5.35. The molecule has 1 amide bonds. The molecule has 8 heteroatoms. The first-order chi connectivity index (χ1) is 14.1. The first kappa shape index (κ1) is 22.1. The molecule has 1 heterocycles. The van der Waals surface area contributed by atoms with E-state index < -0.39 is 29.7 Å². The molecule has 0 spiro atoms. The molecule has 30 heavy (non-hydrogen) atoms. The first-order valence-corrected chi connectivity index (χ1v) is 10.0. The van der Waals surface area contributed by atoms with E-state index in [2.05, 4.69) is 0 Å². The second-order valence-corrected chi connectivity index (χ2v) is 8.85. The number of rotatable bonds is 7. The number of ether oxygens (including phenoxy) is 4. The molecule has 2 fully saturated rings. The van der Waals surface area contributed by atoms with Gasteiger partial charge in [0.15, 0.2) is 0 Å². The van der Waals surface area contributed by atoms with Gasteiger partial charge in [0.05, 0.1) is 13.7 Å². The number of hydrogen-bond donors (Lipinski definition) is 0. The molecule has 0 aromatic heterocycles. The van der Waals surface area contributed by atoms with E-state index in [0.717, 1.165) is 5.56 Å². The van der Waals surface area contributed by atoms with Gasteiger partial charge in [-0.1, -0.05) is 30.3 Å². The Morgan fingerprint density at radius 1 is 1.13 bits per heavy atom. The van der Waals surface area contributed by atoms with Gasteiger partial charge in [-0.2, -0.15) is 0 Å². The van der Waals surface area contributed by atoms with Crippen LogP contribution in [-0.4, -0.2) is 60.9 Å². The molecule has 0 radical (unpaired) electrons. The van der Waals surface area contributed by atoms with Gasteiger partial charge in [-0.25, -0.2) is 14.4 Å². The summed E-state index contributed by atoms with van der Waals surface area (Å²) in [6, 6.07) is 8.51. The number of nitrogens with zero attached hydrogens (tertiary/aromatic N) is 1. The van der Waals surface area contributed by atoms with E-state index in [4.69, 9.17) is 18.9 Å². The third kappa shape index (κ3) is 5.11. The summed E-state index contributed by atoms with van der Waals surface area (Å²) < 4.78 is 21.1. The van der Waals surface area contributed by atoms with Crippen LogP contribution in [0.25, 0.3) is 0 Å². The lowest BCUT2D eigenvalue weighted by molar-refractivity contribution is -0.151. The largest absolute Gasteiger partial charge is 0.467 e. The van der Waals surface area contributed by atoms with Crippen molar-refractivity contribution in [2.24, 2.45) is 5.41 Å². The lowest BCUT2D eigenvalue weighted by Crippen LogP contribution is -2.46. The third-order valence-electron chi connectivity index (χ3n) is 5.35. The summed E-state index contributed by atoms with van der Waals surface area (Å²) in [4.78, 5) is 38.3. The maximum atomic E-state index is 12.7. The highest BCUT2D eigenvalue weighted by Crippen LogP contribution is 2.60. The van der Waals surface area contributed by atoms with E-state index in [1.54, 1.807) is 20.8 Å². The van der Waals surface area contributed by atoms with Gasteiger partial charge in [-0.05, 0) is 39.2 Å². The van der Waals surface area contributed by atoms with Gasteiger partial charge in [0.2, 0.25) is 0 Å². The average molecular weight is 419 g/mol. The Bertz CT molecular complexity index is 788. The van der Waals surface area contributed by atoms with E-state index >= 15 is 0 Å². The maximum absolute atomic E-state index is 12.7. The van der Waals surface area contributed by atoms with Crippen molar-refractivity contribution >= 4 is 18.0 Å². The number of methoxy groups -OCH3 is 1. The highest BCUT2D eigenvalue weighted by molar-refractivity contribution is 5.83. The van der Waals surface area contributed by atoms with Gasteiger partial charge in [0.1, 0.15) is 24.9 Å². The van der Waals surface area contributed by atoms with Crippen LogP contribution in [0.3, 0.4) is 0 Å². The molecule has 3 atom stereocenters. The molecule has 164 valence electrons. The fourth-order valence-electron chi connectivity index (χ4n) is 3.87. The van der Waals surface area contributed by atoms with Gasteiger partial charge < -0.3 is 18.9 Å². The Morgan fingerprint density at radius 3 is 2.47 bits per heavy atom. The summed E-state index contributed by atoms with van der Waals surface area (Å²) in [6.07, 6.45) is 0.575. The molecule has 1 aliphatic carbocycles. The van der Waals surface area contributed by atoms with Crippen molar-refractivity contribution in [2.75, 3.05) is 20.3 Å². The van der Waals surface area contributed by atoms with Crippen LogP contribution >= 0.6 is 0 Å². The number of piperidine rings is 1. The van der Waals surface area contributed by atoms with Crippen LogP contribution in [0.5, 0.6) is 0 Å². The van der Waals surface area contributed by atoms with Crippen molar-refractivity contribution in [1.82, 2.24) is 4.90 Å². The molecule has 1 saturated heterocycles. The van der Waals surface area contributed by atoms with Crippen LogP contribution in [0.4, 0.5) is 4.79 Å². The van der Waals surface area contributed by atoms with Crippen molar-refractivity contribution in [3.05, 3.63) is 35.9 Å². The summed E-state index contributed by atoms with van der Waals surface area (Å²) in [5, 5.41) is 0. The lowest BCUT2D eigenvalue weighted by Gasteiger charge is -2.29. The molecular formula is C22H29NO7. The zero-order chi connectivity index (χ0) is 21.9. The van der Waals surface area contributed by atoms with E-state index in [1.165, 1.54) is 12.0 Å². The zero-order valence-electron chi connectivity index (χ0n) is 17.9. The molecule has 8 nitrogen and oxygen atoms in total. The van der Waals surface area contributed by atoms with E-state index in [9.17, 15) is 14.4 Å². The molecule has 0 N–H and O–H groups in total. The molecule has 0 unspecified atom stereocenters. The second-order valence-electron chi connectivity index (χ2n) is 8.85. The fourth-order valence-corrected chi connectivity index (χ4v) is 3.87. The van der Waals surface area contributed by atoms with Crippen molar-refractivity contribution in [2.45, 2.75) is 57.9 Å². The summed E-state index contributed by atoms with van der Waals surface area (Å²) >= 11 is 0. The molecular weight excluding hydrogens is 390 g/mol. The number of likely N-dealkylation sites (tertiary alicyclic amines) is 1. The van der Waals surface area contributed by atoms with Crippen molar-refractivity contribution in [3.8, 4) is 0 Å². The Labute approximate surface area is 176 Å². The lowest BCUT2D eigenvalue weighted by atomic mass is 10.0. The SMILES string of the molecule is COC(=O)[C@@H]1C[C@]2(COCC(=O)OCc3ccccc3)C[C@@H]2N1C(=O)OC(C)(C)C. The Morgan fingerprint density at radius 2 is 1.83 bits per heavy atom. The second kappa shape index (κ2) is 8.63. The molecule has 0 bridgehead atoms. The van der Waals surface area contributed by atoms with Crippen LogP contribution in [-0.2, 0) is 35.1 Å². The van der Waals surface area contributed by atoms with Crippen LogP contribution in [0, 0.1) is 5.41 Å². The van der Waals surface area contributed by atoms with Crippen LogP contribution in [0.15, 0.2) is 30.3 Å². The Hall–Kier alpha value is -2.61. The van der Waals surface area contributed by atoms with E-state index in [0.29, 0.717) is 12.8 Å². The highest BCUT2D eigenvalue weighted by atomic mass is 16.6. The molecule has 1 aromatic carbocycles. The predicted molar refractivity (Wildman–Crippen MR) is 106 cm³/mol. The van der Waals surface area contributed by atoms with E-state index in [1.807, 2.05) is 30.3 Å². The first-order valence-electron chi connectivity index (χ1n) is 10.0. The maximum Gasteiger partial charge on any atom is 0.411 e. The highest BCUT2D eigenvalue weighted by Gasteiger charge is 2.68. The Kier molecular flexibility index (Phi) is 6.36. The van der Waals surface area contributed by atoms with Crippen LogP contribution < -0.4 is 0 Å². The fraction of sp³-hybridized carbons (Fsp3) is 0.591. The van der Waals surface area contributed by atoms with E-state index in [-0.39, 0.29) is 31.3 Å². The predicted octanol–water partition coefficient (Wildman–Crippen LogP) is 2.69. The van der Waals surface area contributed by atoms with Crippen LogP contribution in [0.1, 0.15) is 39.2 Å². The van der Waals surface area contributed by atoms with Gasteiger partial charge in [0, 0.05) is 11.5 Å². The molecule has 1 aliphatic heterocycles. The minimum Gasteiger partial charge on any atom is -0.467 e. The summed E-state index contributed by atoms with van der Waals surface area (Å²) in [5.41, 5.74) is -0.136. The number of esters is 2. The van der Waals surface area contributed by atoms with Crippen molar-refractivity contribution in [1.29, 1.82) is 0 Å². The normalized spacial score (nSPS) is 24.7. The minimum atomic E-state index is -0.711. The summed E-state index contributed by atoms with van der Waals surface area (Å²) in [5.74, 6) is -0.936. The summed E-state index contributed by atoms with van der Waals surface area (Å²) in [7, 11) is 1.30. The quantitative estimate of drug-likeness (QED) is 0.496. The number of hydrogen-bond acceptors (Lipinski definition) is 7. The van der Waals surface area contributed by atoms with Crippen LogP contribution in [0.2, 0.25) is 0 Å². The molecule has 3 rings (SSSR count). The number of carbonyl (C=O) groups is 3. The number of fused-ring (bicyclic) bond motifs is 1. The standard InChI is InChI=1S/C22H29NO7/c1-21(2,3)30-20(26)23-16(19(25)27-4)10-22(11-17(22)23)14-28-13-18(24)29-12-15-8-6-5-7-9-15/h5-9,16-17H,10-14H2,1-4H3/t16-,17-,22+/m0/s1. The molecule has 2 aliphatic rings. The van der Waals surface area contributed by atoms with Gasteiger partial charge in [0.25, 0.3) is 0 Å². The molecule has 1 aromatic rings. The van der Waals surface area contributed by atoms with Gasteiger partial charge >= 0.3 is 18.0 Å². The van der Waals surface area contributed by atoms with Crippen molar-refractivity contribution in [3.63, 3.8) is 0 Å². The number of carbonyl (C=O) groups excluding carboxylic acids is 3. The van der Waals surface area contributed by atoms with Crippen molar-refractivity contribution < 1.29 is 33.3 Å². The number of amides is 1.